The van der Waals surface area contributed by atoms with Crippen LogP contribution in [0.15, 0.2) is 65.9 Å². The van der Waals surface area contributed by atoms with Crippen molar-refractivity contribution in [2.45, 2.75) is 45.3 Å². The van der Waals surface area contributed by atoms with Gasteiger partial charge in [-0.25, -0.2) is 0 Å². The lowest BCUT2D eigenvalue weighted by atomic mass is 9.77. The molecular formula is C29H36O6. The summed E-state index contributed by atoms with van der Waals surface area (Å²) in [6.07, 6.45) is 11.4. The predicted octanol–water partition coefficient (Wildman–Crippen LogP) is 5.34. The summed E-state index contributed by atoms with van der Waals surface area (Å²) in [7, 11) is 3.32. The van der Waals surface area contributed by atoms with Gasteiger partial charge in [-0.1, -0.05) is 19.1 Å². The molecule has 1 aromatic carbocycles. The Labute approximate surface area is 208 Å². The number of hydrogen-bond donors (Lipinski definition) is 1. The Morgan fingerprint density at radius 2 is 1.94 bits per heavy atom. The summed E-state index contributed by atoms with van der Waals surface area (Å²) < 4.78 is 30.1. The topological polar surface area (TPSA) is 66.4 Å². The van der Waals surface area contributed by atoms with Crippen LogP contribution in [0.2, 0.25) is 0 Å². The van der Waals surface area contributed by atoms with E-state index in [-0.39, 0.29) is 18.3 Å². The molecule has 1 aliphatic carbocycles. The molecule has 4 aliphatic rings. The second-order valence-corrected chi connectivity index (χ2v) is 9.68. The number of fused-ring (bicyclic) bond motifs is 4. The van der Waals surface area contributed by atoms with Gasteiger partial charge in [0.15, 0.2) is 11.5 Å². The normalized spacial score (nSPS) is 25.5. The van der Waals surface area contributed by atoms with E-state index in [9.17, 15) is 0 Å². The van der Waals surface area contributed by atoms with Gasteiger partial charge in [-0.05, 0) is 68.0 Å². The quantitative estimate of drug-likeness (QED) is 0.589. The van der Waals surface area contributed by atoms with E-state index in [0.29, 0.717) is 24.2 Å². The van der Waals surface area contributed by atoms with Crippen molar-refractivity contribution in [2.75, 3.05) is 27.4 Å². The fourth-order valence-corrected chi connectivity index (χ4v) is 5.06. The van der Waals surface area contributed by atoms with Gasteiger partial charge in [0.2, 0.25) is 0 Å². The van der Waals surface area contributed by atoms with Crippen molar-refractivity contribution >= 4 is 6.08 Å². The van der Waals surface area contributed by atoms with E-state index in [1.807, 2.05) is 6.08 Å². The molecule has 5 rings (SSSR count). The zero-order chi connectivity index (χ0) is 25.2. The van der Waals surface area contributed by atoms with Gasteiger partial charge in [0, 0.05) is 12.0 Å². The average molecular weight is 481 g/mol. The summed E-state index contributed by atoms with van der Waals surface area (Å²) >= 11 is 0. The molecule has 0 amide bonds. The van der Waals surface area contributed by atoms with Crippen molar-refractivity contribution in [1.29, 1.82) is 0 Å². The lowest BCUT2D eigenvalue weighted by Crippen LogP contribution is -2.39. The molecule has 3 aliphatic heterocycles. The molecule has 0 radical (unpaired) electrons. The van der Waals surface area contributed by atoms with Crippen LogP contribution in [0.4, 0.5) is 0 Å². The van der Waals surface area contributed by atoms with Crippen molar-refractivity contribution in [2.24, 2.45) is 11.8 Å². The molecule has 0 saturated carbocycles. The minimum Gasteiger partial charge on any atom is -0.493 e. The molecule has 35 heavy (non-hydrogen) atoms. The van der Waals surface area contributed by atoms with Gasteiger partial charge in [0.05, 0.1) is 26.4 Å². The summed E-state index contributed by atoms with van der Waals surface area (Å²) in [5.74, 6) is 4.77. The van der Waals surface area contributed by atoms with E-state index in [1.54, 1.807) is 14.2 Å². The predicted molar refractivity (Wildman–Crippen MR) is 136 cm³/mol. The van der Waals surface area contributed by atoms with Crippen LogP contribution in [-0.2, 0) is 20.6 Å². The van der Waals surface area contributed by atoms with E-state index in [4.69, 9.17) is 28.8 Å². The first-order valence-corrected chi connectivity index (χ1v) is 12.1. The minimum absolute atomic E-state index is 0.0190. The number of ether oxygens (including phenoxy) is 5. The van der Waals surface area contributed by atoms with E-state index < -0.39 is 0 Å². The first-order valence-electron chi connectivity index (χ1n) is 12.1. The number of rotatable bonds is 3. The van der Waals surface area contributed by atoms with Crippen LogP contribution in [0, 0.1) is 11.8 Å². The molecule has 0 aromatic heterocycles. The fourth-order valence-electron chi connectivity index (χ4n) is 5.06. The zero-order valence-corrected chi connectivity index (χ0v) is 21.3. The molecule has 3 atom stereocenters. The highest BCUT2D eigenvalue weighted by Crippen LogP contribution is 2.47. The Morgan fingerprint density at radius 3 is 2.63 bits per heavy atom. The van der Waals surface area contributed by atoms with Crippen molar-refractivity contribution in [3.05, 3.63) is 77.0 Å². The molecule has 1 aromatic rings. The van der Waals surface area contributed by atoms with Crippen LogP contribution in [0.5, 0.6) is 11.5 Å². The number of benzene rings is 1. The smallest absolute Gasteiger partial charge is 0.164 e. The van der Waals surface area contributed by atoms with Crippen molar-refractivity contribution in [3.63, 3.8) is 0 Å². The molecule has 0 fully saturated rings. The Hall–Kier alpha value is -3.12. The third kappa shape index (κ3) is 4.98. The van der Waals surface area contributed by atoms with Gasteiger partial charge in [0.1, 0.15) is 35.6 Å². The molecular weight excluding hydrogens is 444 g/mol. The molecule has 0 bridgehead atoms. The maximum absolute atomic E-state index is 7.76. The Balaban J connectivity index is 0.000000672. The second kappa shape index (κ2) is 10.2. The molecule has 0 saturated heterocycles. The lowest BCUT2D eigenvalue weighted by Gasteiger charge is -2.37. The van der Waals surface area contributed by atoms with Crippen molar-refractivity contribution < 1.29 is 28.8 Å². The molecule has 3 unspecified atom stereocenters. The Bertz CT molecular complexity index is 1090. The maximum atomic E-state index is 7.76. The largest absolute Gasteiger partial charge is 0.493 e. The Morgan fingerprint density at radius 1 is 1.20 bits per heavy atom. The Kier molecular flexibility index (Phi) is 7.31. The van der Waals surface area contributed by atoms with Crippen LogP contribution in [0.3, 0.4) is 0 Å². The average Bonchev–Trinajstić information content (AvgIpc) is 3.11. The van der Waals surface area contributed by atoms with Gasteiger partial charge >= 0.3 is 0 Å². The molecule has 6 nitrogen and oxygen atoms in total. The number of aliphatic hydroxyl groups excluding tert-OH is 1. The number of hydrogen-bond acceptors (Lipinski definition) is 6. The SMILES string of the molecule is C=CCO.COC1=CCC2=C(C=C1OC)OCC1Oc3c(ccc4c3C=CC(C)(C)O4)CC1C2C. The van der Waals surface area contributed by atoms with Crippen molar-refractivity contribution in [1.82, 2.24) is 0 Å². The summed E-state index contributed by atoms with van der Waals surface area (Å²) in [5, 5.41) is 7.76. The summed E-state index contributed by atoms with van der Waals surface area (Å²) in [6, 6.07) is 4.24. The van der Waals surface area contributed by atoms with Crippen LogP contribution in [-0.4, -0.2) is 44.2 Å². The van der Waals surface area contributed by atoms with Crippen LogP contribution in [0.1, 0.15) is 38.3 Å². The lowest BCUT2D eigenvalue weighted by molar-refractivity contribution is 0.0371. The van der Waals surface area contributed by atoms with Gasteiger partial charge in [-0.2, -0.15) is 0 Å². The van der Waals surface area contributed by atoms with E-state index in [2.05, 4.69) is 57.7 Å². The molecule has 3 heterocycles. The van der Waals surface area contributed by atoms with Gasteiger partial charge in [-0.15, -0.1) is 6.58 Å². The summed E-state index contributed by atoms with van der Waals surface area (Å²) in [5.41, 5.74) is 3.23. The van der Waals surface area contributed by atoms with E-state index in [0.717, 1.165) is 41.4 Å². The van der Waals surface area contributed by atoms with Crippen LogP contribution >= 0.6 is 0 Å². The third-order valence-corrected chi connectivity index (χ3v) is 6.96. The van der Waals surface area contributed by atoms with Gasteiger partial charge < -0.3 is 28.8 Å². The number of allylic oxidation sites excluding steroid dienone is 3. The molecule has 188 valence electrons. The summed E-state index contributed by atoms with van der Waals surface area (Å²) in [4.78, 5) is 0. The van der Waals surface area contributed by atoms with Gasteiger partial charge in [0.25, 0.3) is 0 Å². The molecule has 0 spiro atoms. The first-order chi connectivity index (χ1) is 16.8. The molecule has 1 N–H and O–H groups in total. The van der Waals surface area contributed by atoms with Crippen LogP contribution < -0.4 is 9.47 Å². The highest BCUT2D eigenvalue weighted by molar-refractivity contribution is 5.69. The number of aliphatic hydroxyl groups is 1. The number of methoxy groups -OCH3 is 2. The summed E-state index contributed by atoms with van der Waals surface area (Å²) in [6.45, 7) is 10.2. The highest BCUT2D eigenvalue weighted by Gasteiger charge is 2.41. The third-order valence-electron chi connectivity index (χ3n) is 6.96. The minimum atomic E-state index is -0.306. The van der Waals surface area contributed by atoms with Crippen LogP contribution in [0.25, 0.3) is 6.08 Å². The van der Waals surface area contributed by atoms with E-state index in [1.165, 1.54) is 17.2 Å². The van der Waals surface area contributed by atoms with E-state index >= 15 is 0 Å². The van der Waals surface area contributed by atoms with Crippen molar-refractivity contribution in [3.8, 4) is 11.5 Å². The first kappa shape index (κ1) is 25.0. The fraction of sp³-hybridized carbons (Fsp3) is 0.448. The van der Waals surface area contributed by atoms with Gasteiger partial charge in [-0.3, -0.25) is 0 Å². The monoisotopic (exact) mass is 480 g/mol. The highest BCUT2D eigenvalue weighted by atomic mass is 16.5. The maximum Gasteiger partial charge on any atom is 0.164 e. The standard InChI is InChI=1S/C26H30O5.C3H6O/c1-15-17-7-9-21(27-4)23(28-5)13-22(17)29-14-24-19(15)12-16-6-8-20-18(25(16)30-24)10-11-26(2,3)31-20;1-2-3-4/h6,8-11,13,15,19,24H,7,12,14H2,1-5H3;2,4H,1,3H2. The zero-order valence-electron chi connectivity index (χ0n) is 21.3. The second-order valence-electron chi connectivity index (χ2n) is 9.68. The molecule has 6 heteroatoms.